The predicted octanol–water partition coefficient (Wildman–Crippen LogP) is 1.19. The fourth-order valence-corrected chi connectivity index (χ4v) is 5.35. The summed E-state index contributed by atoms with van der Waals surface area (Å²) in [7, 11) is -3.22. The number of benzene rings is 1. The summed E-state index contributed by atoms with van der Waals surface area (Å²) in [6.45, 7) is 3.79. The van der Waals surface area contributed by atoms with Gasteiger partial charge in [-0.05, 0) is 35.8 Å². The molecule has 1 aromatic carbocycles. The van der Waals surface area contributed by atoms with Crippen molar-refractivity contribution in [3.8, 4) is 0 Å². The molecule has 3 heterocycles. The number of hydrogen-bond donors (Lipinski definition) is 1. The molecule has 0 radical (unpaired) electrons. The first-order valence-electron chi connectivity index (χ1n) is 9.84. The Labute approximate surface area is 174 Å². The van der Waals surface area contributed by atoms with Crippen molar-refractivity contribution in [2.45, 2.75) is 31.5 Å². The van der Waals surface area contributed by atoms with Crippen LogP contribution in [0, 0.1) is 11.6 Å². The second-order valence-electron chi connectivity index (χ2n) is 8.26. The largest absolute Gasteiger partial charge is 0.370 e. The molecule has 0 bridgehead atoms. The maximum absolute atomic E-state index is 14.3. The molecule has 30 heavy (non-hydrogen) atoms. The zero-order valence-corrected chi connectivity index (χ0v) is 17.7. The van der Waals surface area contributed by atoms with Crippen molar-refractivity contribution in [2.75, 3.05) is 39.0 Å². The molecule has 0 aromatic heterocycles. The van der Waals surface area contributed by atoms with Crippen molar-refractivity contribution in [1.82, 2.24) is 14.5 Å². The number of nitrogens with zero attached hydrogens (tertiary/aromatic N) is 2. The van der Waals surface area contributed by atoms with E-state index in [1.807, 2.05) is 0 Å². The summed E-state index contributed by atoms with van der Waals surface area (Å²) in [4.78, 5) is 13.9. The molecule has 0 unspecified atom stereocenters. The van der Waals surface area contributed by atoms with Crippen molar-refractivity contribution in [2.24, 2.45) is 0 Å². The van der Waals surface area contributed by atoms with Crippen molar-refractivity contribution >= 4 is 15.9 Å². The van der Waals surface area contributed by atoms with E-state index in [4.69, 9.17) is 4.74 Å². The molecule has 3 aliphatic rings. The standard InChI is InChI=1S/C20H25F2N3O4S/c1-12(26)23-19-6-16(11-29-20(19)17-5-15(21)3-4-18(17)22)24-7-13-9-25(30(2,27)28)10-14(13)8-24/h3-5,16,19-20H,6-11H2,1-2H3,(H,23,26)/t16-,19+,20+/m1/s1. The first-order chi connectivity index (χ1) is 14.1. The first kappa shape index (κ1) is 21.4. The van der Waals surface area contributed by atoms with E-state index in [1.54, 1.807) is 0 Å². The molecular formula is C20H25F2N3O4S. The Bertz CT molecular complexity index is 980. The lowest BCUT2D eigenvalue weighted by atomic mass is 9.92. The van der Waals surface area contributed by atoms with E-state index in [0.29, 0.717) is 39.2 Å². The molecule has 1 amide bonds. The van der Waals surface area contributed by atoms with Gasteiger partial charge in [0, 0.05) is 44.7 Å². The molecule has 164 valence electrons. The number of hydrogen-bond acceptors (Lipinski definition) is 5. The number of amides is 1. The third kappa shape index (κ3) is 4.27. The van der Waals surface area contributed by atoms with Gasteiger partial charge < -0.3 is 10.1 Å². The molecule has 7 nitrogen and oxygen atoms in total. The second-order valence-corrected chi connectivity index (χ2v) is 10.2. The summed E-state index contributed by atoms with van der Waals surface area (Å²) in [6.07, 6.45) is 0.964. The zero-order valence-electron chi connectivity index (χ0n) is 16.9. The fraction of sp³-hybridized carbons (Fsp3) is 0.550. The van der Waals surface area contributed by atoms with Gasteiger partial charge in [-0.1, -0.05) is 0 Å². The monoisotopic (exact) mass is 441 g/mol. The normalized spacial score (nSPS) is 28.1. The second kappa shape index (κ2) is 7.99. The zero-order chi connectivity index (χ0) is 21.6. The van der Waals surface area contributed by atoms with Crippen molar-refractivity contribution in [3.63, 3.8) is 0 Å². The van der Waals surface area contributed by atoms with Crippen LogP contribution < -0.4 is 5.32 Å². The smallest absolute Gasteiger partial charge is 0.217 e. The van der Waals surface area contributed by atoms with Crippen molar-refractivity contribution in [1.29, 1.82) is 0 Å². The molecule has 0 spiro atoms. The lowest BCUT2D eigenvalue weighted by Gasteiger charge is -2.41. The van der Waals surface area contributed by atoms with Crippen LogP contribution in [0.2, 0.25) is 0 Å². The Morgan fingerprint density at radius 1 is 1.17 bits per heavy atom. The Kier molecular flexibility index (Phi) is 5.69. The van der Waals surface area contributed by atoms with E-state index in [2.05, 4.69) is 10.2 Å². The van der Waals surface area contributed by atoms with Gasteiger partial charge in [-0.15, -0.1) is 0 Å². The van der Waals surface area contributed by atoms with Gasteiger partial charge in [0.15, 0.2) is 0 Å². The number of halogens is 2. The van der Waals surface area contributed by atoms with E-state index in [9.17, 15) is 22.0 Å². The fourth-order valence-electron chi connectivity index (χ4n) is 4.57. The third-order valence-corrected chi connectivity index (χ3v) is 7.22. The number of carbonyl (C=O) groups is 1. The molecule has 1 aromatic rings. The van der Waals surface area contributed by atoms with Crippen LogP contribution in [0.5, 0.6) is 0 Å². The lowest BCUT2D eigenvalue weighted by Crippen LogP contribution is -2.52. The van der Waals surface area contributed by atoms with Gasteiger partial charge in [0.25, 0.3) is 0 Å². The molecule has 0 saturated carbocycles. The summed E-state index contributed by atoms with van der Waals surface area (Å²) in [5, 5.41) is 2.83. The molecule has 0 aliphatic carbocycles. The molecule has 4 rings (SSSR count). The van der Waals surface area contributed by atoms with Crippen LogP contribution in [0.25, 0.3) is 0 Å². The van der Waals surface area contributed by atoms with Gasteiger partial charge >= 0.3 is 0 Å². The number of nitrogens with one attached hydrogen (secondary N) is 1. The number of ether oxygens (including phenoxy) is 1. The Morgan fingerprint density at radius 3 is 2.43 bits per heavy atom. The quantitative estimate of drug-likeness (QED) is 0.711. The van der Waals surface area contributed by atoms with E-state index in [-0.39, 0.29) is 17.5 Å². The third-order valence-electron chi connectivity index (χ3n) is 6.02. The van der Waals surface area contributed by atoms with Gasteiger partial charge in [-0.2, -0.15) is 4.31 Å². The number of sulfonamides is 1. The van der Waals surface area contributed by atoms with Crippen LogP contribution in [-0.2, 0) is 19.6 Å². The van der Waals surface area contributed by atoms with E-state index in [0.717, 1.165) is 29.3 Å². The maximum Gasteiger partial charge on any atom is 0.217 e. The summed E-state index contributed by atoms with van der Waals surface area (Å²) in [6, 6.07) is 2.70. The Morgan fingerprint density at radius 2 is 1.83 bits per heavy atom. The van der Waals surface area contributed by atoms with Gasteiger partial charge in [0.2, 0.25) is 15.9 Å². The van der Waals surface area contributed by atoms with E-state index >= 15 is 0 Å². The topological polar surface area (TPSA) is 79.0 Å². The average molecular weight is 442 g/mol. The van der Waals surface area contributed by atoms with Crippen LogP contribution in [0.15, 0.2) is 29.3 Å². The highest BCUT2D eigenvalue weighted by atomic mass is 32.2. The molecule has 10 heteroatoms. The van der Waals surface area contributed by atoms with E-state index < -0.39 is 33.8 Å². The predicted molar refractivity (Wildman–Crippen MR) is 106 cm³/mol. The first-order valence-corrected chi connectivity index (χ1v) is 11.7. The number of rotatable bonds is 4. The molecule has 1 fully saturated rings. The maximum atomic E-state index is 14.3. The molecule has 3 atom stereocenters. The Hall–Kier alpha value is -1.88. The van der Waals surface area contributed by atoms with Crippen LogP contribution in [0.1, 0.15) is 25.0 Å². The minimum atomic E-state index is -3.22. The minimum Gasteiger partial charge on any atom is -0.370 e. The average Bonchev–Trinajstić information content (AvgIpc) is 3.22. The van der Waals surface area contributed by atoms with Crippen LogP contribution in [-0.4, -0.2) is 74.7 Å². The molecule has 1 saturated heterocycles. The highest BCUT2D eigenvalue weighted by Gasteiger charge is 2.41. The highest BCUT2D eigenvalue weighted by molar-refractivity contribution is 7.88. The summed E-state index contributed by atoms with van der Waals surface area (Å²) >= 11 is 0. The van der Waals surface area contributed by atoms with Crippen molar-refractivity contribution < 1.29 is 26.7 Å². The van der Waals surface area contributed by atoms with Gasteiger partial charge in [-0.3, -0.25) is 9.69 Å². The van der Waals surface area contributed by atoms with E-state index in [1.165, 1.54) is 17.5 Å². The highest BCUT2D eigenvalue weighted by Crippen LogP contribution is 2.35. The van der Waals surface area contributed by atoms with Crippen LogP contribution in [0.4, 0.5) is 8.78 Å². The summed E-state index contributed by atoms with van der Waals surface area (Å²) in [5.41, 5.74) is 2.31. The number of carbonyl (C=O) groups excluding carboxylic acids is 1. The van der Waals surface area contributed by atoms with Crippen LogP contribution in [0.3, 0.4) is 0 Å². The summed E-state index contributed by atoms with van der Waals surface area (Å²) < 4.78 is 59.0. The Balaban J connectivity index is 1.46. The summed E-state index contributed by atoms with van der Waals surface area (Å²) in [5.74, 6) is -1.40. The molecule has 3 aliphatic heterocycles. The lowest BCUT2D eigenvalue weighted by molar-refractivity contribution is -0.123. The van der Waals surface area contributed by atoms with Crippen LogP contribution >= 0.6 is 0 Å². The van der Waals surface area contributed by atoms with Gasteiger partial charge in [0.05, 0.1) is 18.9 Å². The minimum absolute atomic E-state index is 0.0213. The van der Waals surface area contributed by atoms with Gasteiger partial charge in [0.1, 0.15) is 17.7 Å². The van der Waals surface area contributed by atoms with Gasteiger partial charge in [-0.25, -0.2) is 17.2 Å². The molecule has 1 N–H and O–H groups in total. The molecular weight excluding hydrogens is 416 g/mol. The SMILES string of the molecule is CC(=O)N[C@H]1C[C@@H](N2CC3=C(C2)CN(S(C)(=O)=O)C3)CO[C@H]1c1cc(F)ccc1F. The van der Waals surface area contributed by atoms with Crippen molar-refractivity contribution in [3.05, 3.63) is 46.5 Å².